The van der Waals surface area contributed by atoms with Crippen molar-refractivity contribution in [1.29, 1.82) is 0 Å². The van der Waals surface area contributed by atoms with Crippen LogP contribution in [0.3, 0.4) is 0 Å². The van der Waals surface area contributed by atoms with E-state index in [0.717, 1.165) is 25.2 Å². The molecule has 1 N–H and O–H groups in total. The topological polar surface area (TPSA) is 51.0 Å². The highest BCUT2D eigenvalue weighted by molar-refractivity contribution is 7.89. The molecular weight excluding hydrogens is 276 g/mol. The number of quaternary nitrogens is 1. The number of hydrogen-bond donors (Lipinski definition) is 1. The van der Waals surface area contributed by atoms with Crippen LogP contribution in [0.4, 0.5) is 0 Å². The maximum Gasteiger partial charge on any atom is 0.243 e. The summed E-state index contributed by atoms with van der Waals surface area (Å²) in [7, 11) is -1.79. The van der Waals surface area contributed by atoms with Crippen LogP contribution < -0.4 is 9.64 Å². The number of nitrogens with one attached hydrogen (secondary N) is 1. The fourth-order valence-corrected chi connectivity index (χ4v) is 4.08. The number of hydrogen-bond acceptors (Lipinski definition) is 3. The average molecular weight is 299 g/mol. The molecule has 0 aromatic heterocycles. The van der Waals surface area contributed by atoms with Crippen LogP contribution in [-0.2, 0) is 10.0 Å². The molecule has 1 aliphatic heterocycles. The van der Waals surface area contributed by atoms with Crippen LogP contribution in [0, 0.1) is 6.92 Å². The number of nitrogens with zero attached hydrogens (tertiary/aromatic N) is 1. The second kappa shape index (κ2) is 6.11. The number of rotatable bonds is 4. The van der Waals surface area contributed by atoms with Gasteiger partial charge >= 0.3 is 0 Å². The molecule has 1 fully saturated rings. The molecule has 2 rings (SSSR count). The fourth-order valence-electron chi connectivity index (χ4n) is 2.56. The molecule has 0 saturated carbocycles. The molecule has 1 aromatic rings. The van der Waals surface area contributed by atoms with E-state index >= 15 is 0 Å². The van der Waals surface area contributed by atoms with Crippen LogP contribution in [0.15, 0.2) is 23.1 Å². The lowest BCUT2D eigenvalue weighted by atomic mass is 10.2. The van der Waals surface area contributed by atoms with Gasteiger partial charge in [-0.05, 0) is 37.6 Å². The van der Waals surface area contributed by atoms with Gasteiger partial charge in [-0.15, -0.1) is 0 Å². The smallest absolute Gasteiger partial charge is 0.243 e. The molecule has 0 spiro atoms. The molecule has 0 radical (unpaired) electrons. The molecule has 1 aromatic carbocycles. The van der Waals surface area contributed by atoms with Crippen LogP contribution in [0.25, 0.3) is 0 Å². The van der Waals surface area contributed by atoms with Gasteiger partial charge < -0.3 is 9.64 Å². The molecule has 6 heteroatoms. The minimum absolute atomic E-state index is 0.357. The summed E-state index contributed by atoms with van der Waals surface area (Å²) in [5, 5.41) is 0. The summed E-state index contributed by atoms with van der Waals surface area (Å²) in [5.74, 6) is 0.712. The summed E-state index contributed by atoms with van der Waals surface area (Å²) in [6, 6.07) is 5.03. The number of methoxy groups -OCH3 is 1. The van der Waals surface area contributed by atoms with Crippen molar-refractivity contribution in [2.45, 2.75) is 18.7 Å². The maximum absolute atomic E-state index is 12.6. The Morgan fingerprint density at radius 3 is 2.45 bits per heavy atom. The fraction of sp³-hybridized carbons (Fsp3) is 0.571. The van der Waals surface area contributed by atoms with Gasteiger partial charge in [-0.25, -0.2) is 8.42 Å². The molecule has 5 nitrogen and oxygen atoms in total. The molecule has 1 heterocycles. The van der Waals surface area contributed by atoms with Crippen LogP contribution in [0.5, 0.6) is 5.75 Å². The molecule has 112 valence electrons. The standard InChI is InChI=1S/C14H22N2O3S/c1-4-15-7-9-16(10-8-15)20(17,18)13-5-6-14(19-3)12(2)11-13/h5-6,11H,4,7-10H2,1-3H3/p+1. The first-order valence-corrected chi connectivity index (χ1v) is 8.41. The number of likely N-dealkylation sites (N-methyl/N-ethyl adjacent to an activating group) is 1. The molecule has 1 aliphatic rings. The third kappa shape index (κ3) is 2.97. The van der Waals surface area contributed by atoms with Gasteiger partial charge in [0.2, 0.25) is 10.0 Å². The molecule has 0 aliphatic carbocycles. The first kappa shape index (κ1) is 15.3. The van der Waals surface area contributed by atoms with Gasteiger partial charge in [0.25, 0.3) is 0 Å². The molecule has 0 unspecified atom stereocenters. The Balaban J connectivity index is 2.20. The lowest BCUT2D eigenvalue weighted by Gasteiger charge is -2.30. The van der Waals surface area contributed by atoms with Crippen molar-refractivity contribution in [2.75, 3.05) is 39.8 Å². The van der Waals surface area contributed by atoms with Crippen molar-refractivity contribution in [3.05, 3.63) is 23.8 Å². The number of benzene rings is 1. The Morgan fingerprint density at radius 1 is 1.30 bits per heavy atom. The van der Waals surface area contributed by atoms with Gasteiger partial charge in [0.15, 0.2) is 0 Å². The van der Waals surface area contributed by atoms with E-state index in [4.69, 9.17) is 4.74 Å². The number of aryl methyl sites for hydroxylation is 1. The maximum atomic E-state index is 12.6. The molecule has 0 amide bonds. The van der Waals surface area contributed by atoms with Crippen molar-refractivity contribution in [3.8, 4) is 5.75 Å². The summed E-state index contributed by atoms with van der Waals surface area (Å²) in [6.07, 6.45) is 0. The first-order valence-electron chi connectivity index (χ1n) is 6.97. The largest absolute Gasteiger partial charge is 0.496 e. The van der Waals surface area contributed by atoms with Crippen LogP contribution in [0.2, 0.25) is 0 Å². The van der Waals surface area contributed by atoms with Crippen molar-refractivity contribution in [1.82, 2.24) is 4.31 Å². The van der Waals surface area contributed by atoms with Crippen molar-refractivity contribution in [3.63, 3.8) is 0 Å². The van der Waals surface area contributed by atoms with E-state index in [9.17, 15) is 8.42 Å². The van der Waals surface area contributed by atoms with E-state index < -0.39 is 10.0 Å². The molecule has 0 atom stereocenters. The van der Waals surface area contributed by atoms with Gasteiger partial charge in [-0.2, -0.15) is 4.31 Å². The Kier molecular flexibility index (Phi) is 4.67. The van der Waals surface area contributed by atoms with Crippen molar-refractivity contribution >= 4 is 10.0 Å². The van der Waals surface area contributed by atoms with E-state index in [0.29, 0.717) is 23.7 Å². The number of piperazine rings is 1. The van der Waals surface area contributed by atoms with E-state index in [1.165, 1.54) is 4.90 Å². The molecule has 0 bridgehead atoms. The van der Waals surface area contributed by atoms with Gasteiger partial charge in [0.05, 0.1) is 44.7 Å². The predicted molar refractivity (Wildman–Crippen MR) is 77.7 cm³/mol. The second-order valence-electron chi connectivity index (χ2n) is 5.14. The van der Waals surface area contributed by atoms with E-state index in [1.54, 1.807) is 29.6 Å². The zero-order chi connectivity index (χ0) is 14.8. The SMILES string of the molecule is CC[NH+]1CCN(S(=O)(=O)c2ccc(OC)c(C)c2)CC1. The Hall–Kier alpha value is -1.11. The highest BCUT2D eigenvalue weighted by Gasteiger charge is 2.30. The predicted octanol–water partition coefficient (Wildman–Crippen LogP) is -0.0873. The molecule has 20 heavy (non-hydrogen) atoms. The Morgan fingerprint density at radius 2 is 1.95 bits per heavy atom. The minimum atomic E-state index is -3.38. The zero-order valence-electron chi connectivity index (χ0n) is 12.3. The van der Waals surface area contributed by atoms with Gasteiger partial charge in [-0.1, -0.05) is 0 Å². The summed E-state index contributed by atoms with van der Waals surface area (Å²) >= 11 is 0. The van der Waals surface area contributed by atoms with Gasteiger partial charge in [0.1, 0.15) is 5.75 Å². The highest BCUT2D eigenvalue weighted by Crippen LogP contribution is 2.23. The quantitative estimate of drug-likeness (QED) is 0.845. The van der Waals surface area contributed by atoms with Crippen LogP contribution in [-0.4, -0.2) is 52.6 Å². The van der Waals surface area contributed by atoms with Crippen LogP contribution >= 0.6 is 0 Å². The summed E-state index contributed by atoms with van der Waals surface area (Å²) < 4.78 is 32.0. The lowest BCUT2D eigenvalue weighted by Crippen LogP contribution is -3.14. The average Bonchev–Trinajstić information content (AvgIpc) is 2.47. The second-order valence-corrected chi connectivity index (χ2v) is 7.08. The normalized spacial score (nSPS) is 18.1. The summed E-state index contributed by atoms with van der Waals surface area (Å²) in [5.41, 5.74) is 0.839. The number of ether oxygens (including phenoxy) is 1. The summed E-state index contributed by atoms with van der Waals surface area (Å²) in [4.78, 5) is 1.82. The van der Waals surface area contributed by atoms with E-state index in [2.05, 4.69) is 6.92 Å². The molecular formula is C14H23N2O3S+. The summed E-state index contributed by atoms with van der Waals surface area (Å²) in [6.45, 7) is 7.99. The Labute approximate surface area is 121 Å². The van der Waals surface area contributed by atoms with E-state index in [-0.39, 0.29) is 0 Å². The minimum Gasteiger partial charge on any atom is -0.496 e. The van der Waals surface area contributed by atoms with E-state index in [1.807, 2.05) is 6.92 Å². The lowest BCUT2D eigenvalue weighted by molar-refractivity contribution is -0.901. The van der Waals surface area contributed by atoms with Crippen molar-refractivity contribution in [2.24, 2.45) is 0 Å². The highest BCUT2D eigenvalue weighted by atomic mass is 32.2. The van der Waals surface area contributed by atoms with Gasteiger partial charge in [0, 0.05) is 0 Å². The molecule has 1 saturated heterocycles. The van der Waals surface area contributed by atoms with Crippen molar-refractivity contribution < 1.29 is 18.1 Å². The monoisotopic (exact) mass is 299 g/mol. The Bertz CT molecular complexity index is 564. The van der Waals surface area contributed by atoms with Gasteiger partial charge in [-0.3, -0.25) is 0 Å². The third-order valence-corrected chi connectivity index (χ3v) is 5.83. The number of sulfonamides is 1. The third-order valence-electron chi connectivity index (χ3n) is 3.93. The zero-order valence-corrected chi connectivity index (χ0v) is 13.2. The first-order chi connectivity index (χ1) is 9.48. The van der Waals surface area contributed by atoms with Crippen LogP contribution in [0.1, 0.15) is 12.5 Å².